The molecule has 0 spiro atoms. The normalized spacial score (nSPS) is 10.1. The molecule has 3 rings (SSSR count). The van der Waals surface area contributed by atoms with Gasteiger partial charge in [-0.15, -0.1) is 0 Å². The van der Waals surface area contributed by atoms with E-state index in [1.807, 2.05) is 42.5 Å². The Hall–Kier alpha value is -1.71. The molecular formula is C18H11ClSe. The summed E-state index contributed by atoms with van der Waals surface area (Å²) in [7, 11) is 0. The van der Waals surface area contributed by atoms with E-state index in [-0.39, 0.29) is 15.0 Å². The summed E-state index contributed by atoms with van der Waals surface area (Å²) in [5.74, 6) is 3.22. The zero-order chi connectivity index (χ0) is 13.8. The van der Waals surface area contributed by atoms with Crippen LogP contribution in [-0.4, -0.2) is 15.0 Å². The van der Waals surface area contributed by atoms with Crippen LogP contribution >= 0.6 is 11.6 Å². The van der Waals surface area contributed by atoms with Crippen molar-refractivity contribution in [3.05, 3.63) is 77.3 Å². The Morgan fingerprint density at radius 2 is 1.50 bits per heavy atom. The Labute approximate surface area is 129 Å². The van der Waals surface area contributed by atoms with Crippen LogP contribution in [0.5, 0.6) is 0 Å². The fourth-order valence-electron chi connectivity index (χ4n) is 1.99. The average molecular weight is 342 g/mol. The maximum atomic E-state index is 6.23. The number of benzene rings is 3. The van der Waals surface area contributed by atoms with E-state index in [0.29, 0.717) is 0 Å². The first-order valence-corrected chi connectivity index (χ1v) is 8.34. The predicted octanol–water partition coefficient (Wildman–Crippen LogP) is 3.83. The third kappa shape index (κ3) is 2.89. The molecule has 20 heavy (non-hydrogen) atoms. The predicted molar refractivity (Wildman–Crippen MR) is 87.7 cm³/mol. The van der Waals surface area contributed by atoms with E-state index in [4.69, 9.17) is 11.6 Å². The zero-order valence-electron chi connectivity index (χ0n) is 10.6. The summed E-state index contributed by atoms with van der Waals surface area (Å²) < 4.78 is 1.28. The van der Waals surface area contributed by atoms with Crippen LogP contribution in [0.25, 0.3) is 10.8 Å². The van der Waals surface area contributed by atoms with Crippen molar-refractivity contribution in [2.45, 2.75) is 0 Å². The number of rotatable bonds is 1. The Morgan fingerprint density at radius 1 is 0.750 bits per heavy atom. The Kier molecular flexibility index (Phi) is 4.09. The van der Waals surface area contributed by atoms with Gasteiger partial charge >= 0.3 is 130 Å². The van der Waals surface area contributed by atoms with Crippen molar-refractivity contribution < 1.29 is 0 Å². The van der Waals surface area contributed by atoms with E-state index in [1.54, 1.807) is 0 Å². The Bertz CT molecular complexity index is 798. The molecule has 0 fully saturated rings. The molecule has 0 atom stereocenters. The number of fused-ring (bicyclic) bond motifs is 1. The van der Waals surface area contributed by atoms with Gasteiger partial charge in [0.2, 0.25) is 0 Å². The molecule has 0 aliphatic carbocycles. The van der Waals surface area contributed by atoms with Crippen molar-refractivity contribution >= 4 is 41.8 Å². The van der Waals surface area contributed by atoms with E-state index in [2.05, 4.69) is 35.0 Å². The zero-order valence-corrected chi connectivity index (χ0v) is 13.1. The van der Waals surface area contributed by atoms with Crippen LogP contribution in [-0.2, 0) is 0 Å². The Balaban J connectivity index is 1.93. The van der Waals surface area contributed by atoms with Crippen LogP contribution in [0.3, 0.4) is 0 Å². The molecule has 0 amide bonds. The van der Waals surface area contributed by atoms with E-state index >= 15 is 0 Å². The number of halogens is 1. The topological polar surface area (TPSA) is 0 Å². The molecule has 3 aromatic carbocycles. The van der Waals surface area contributed by atoms with Gasteiger partial charge in [-0.3, -0.25) is 0 Å². The first kappa shape index (κ1) is 13.3. The van der Waals surface area contributed by atoms with Crippen LogP contribution in [0.1, 0.15) is 5.56 Å². The second-order valence-corrected chi connectivity index (χ2v) is 6.47. The SMILES string of the molecule is Clc1cccc2c([Se]C#Cc3ccccc3)cccc12. The fourth-order valence-corrected chi connectivity index (χ4v) is 3.73. The summed E-state index contributed by atoms with van der Waals surface area (Å²) in [5.41, 5.74) is 1.06. The van der Waals surface area contributed by atoms with Gasteiger partial charge in [0.05, 0.1) is 0 Å². The van der Waals surface area contributed by atoms with Gasteiger partial charge in [0, 0.05) is 0 Å². The third-order valence-corrected chi connectivity index (χ3v) is 4.93. The molecule has 3 aromatic rings. The van der Waals surface area contributed by atoms with Crippen LogP contribution in [0.2, 0.25) is 5.02 Å². The third-order valence-electron chi connectivity index (χ3n) is 2.96. The first-order chi connectivity index (χ1) is 9.84. The fraction of sp³-hybridized carbons (Fsp3) is 0. The molecule has 0 nitrogen and oxygen atoms in total. The summed E-state index contributed by atoms with van der Waals surface area (Å²) in [6.45, 7) is 0. The van der Waals surface area contributed by atoms with Gasteiger partial charge in [-0.25, -0.2) is 0 Å². The molecule has 0 bridgehead atoms. The minimum absolute atomic E-state index is 0.125. The Morgan fingerprint density at radius 3 is 2.35 bits per heavy atom. The molecule has 0 aromatic heterocycles. The summed E-state index contributed by atoms with van der Waals surface area (Å²) in [6.07, 6.45) is 0. The molecule has 2 heteroatoms. The molecule has 0 radical (unpaired) electrons. The molecule has 0 N–H and O–H groups in total. The molecular weight excluding hydrogens is 331 g/mol. The molecule has 96 valence electrons. The van der Waals surface area contributed by atoms with Gasteiger partial charge in [-0.05, 0) is 0 Å². The molecule has 0 aliphatic rings. The van der Waals surface area contributed by atoms with Crippen molar-refractivity contribution in [1.29, 1.82) is 0 Å². The van der Waals surface area contributed by atoms with Gasteiger partial charge < -0.3 is 0 Å². The van der Waals surface area contributed by atoms with Gasteiger partial charge in [0.25, 0.3) is 0 Å². The average Bonchev–Trinajstić information content (AvgIpc) is 2.49. The second-order valence-electron chi connectivity index (χ2n) is 4.29. The minimum atomic E-state index is 0.125. The summed E-state index contributed by atoms with van der Waals surface area (Å²) >= 11 is 6.35. The first-order valence-electron chi connectivity index (χ1n) is 6.25. The van der Waals surface area contributed by atoms with E-state index in [1.165, 1.54) is 9.85 Å². The number of hydrogen-bond acceptors (Lipinski definition) is 0. The quantitative estimate of drug-likeness (QED) is 0.466. The van der Waals surface area contributed by atoms with Gasteiger partial charge in [0.15, 0.2) is 0 Å². The molecule has 0 saturated carbocycles. The molecule has 0 unspecified atom stereocenters. The van der Waals surface area contributed by atoms with Crippen LogP contribution < -0.4 is 4.46 Å². The van der Waals surface area contributed by atoms with E-state index < -0.39 is 0 Å². The second kappa shape index (κ2) is 6.16. The summed E-state index contributed by atoms with van der Waals surface area (Å²) in [6, 6.07) is 22.4. The van der Waals surface area contributed by atoms with Crippen molar-refractivity contribution in [3.8, 4) is 10.7 Å². The van der Waals surface area contributed by atoms with Crippen LogP contribution in [0.4, 0.5) is 0 Å². The van der Waals surface area contributed by atoms with Gasteiger partial charge in [-0.2, -0.15) is 0 Å². The standard InChI is InChI=1S/C18H11ClSe/c19-17-10-4-9-16-15(17)8-5-11-18(16)20-13-12-14-6-2-1-3-7-14/h1-11H. The van der Waals surface area contributed by atoms with Crippen molar-refractivity contribution in [1.82, 2.24) is 0 Å². The van der Waals surface area contributed by atoms with Gasteiger partial charge in [0.1, 0.15) is 0 Å². The van der Waals surface area contributed by atoms with E-state index in [0.717, 1.165) is 16.0 Å². The van der Waals surface area contributed by atoms with E-state index in [9.17, 15) is 0 Å². The van der Waals surface area contributed by atoms with Crippen LogP contribution in [0, 0.1) is 10.7 Å². The molecule has 0 aliphatic heterocycles. The van der Waals surface area contributed by atoms with Crippen molar-refractivity contribution in [3.63, 3.8) is 0 Å². The monoisotopic (exact) mass is 342 g/mol. The number of hydrogen-bond donors (Lipinski definition) is 0. The van der Waals surface area contributed by atoms with Crippen LogP contribution in [0.15, 0.2) is 66.7 Å². The van der Waals surface area contributed by atoms with Crippen molar-refractivity contribution in [2.75, 3.05) is 0 Å². The van der Waals surface area contributed by atoms with Gasteiger partial charge in [-0.1, -0.05) is 0 Å². The summed E-state index contributed by atoms with van der Waals surface area (Å²) in [4.78, 5) is 3.30. The maximum absolute atomic E-state index is 6.23. The van der Waals surface area contributed by atoms with Crippen molar-refractivity contribution in [2.24, 2.45) is 0 Å². The summed E-state index contributed by atoms with van der Waals surface area (Å²) in [5, 5.41) is 3.12. The molecule has 0 saturated heterocycles. The molecule has 0 heterocycles.